The number of halogens is 1. The summed E-state index contributed by atoms with van der Waals surface area (Å²) < 4.78 is 13.7. The molecule has 90 valence electrons. The highest BCUT2D eigenvalue weighted by Crippen LogP contribution is 2.29. The van der Waals surface area contributed by atoms with Gasteiger partial charge in [-0.25, -0.2) is 4.39 Å². The van der Waals surface area contributed by atoms with Crippen LogP contribution in [0, 0.1) is 5.82 Å². The molecule has 2 aromatic carbocycles. The molecule has 0 spiro atoms. The first-order valence-corrected chi connectivity index (χ1v) is 5.71. The second-order valence-electron chi connectivity index (χ2n) is 4.12. The quantitative estimate of drug-likeness (QED) is 0.724. The third kappa shape index (κ3) is 1.67. The number of aromatic nitrogens is 2. The summed E-state index contributed by atoms with van der Waals surface area (Å²) in [5.41, 5.74) is 8.10. The van der Waals surface area contributed by atoms with Crippen LogP contribution in [0.1, 0.15) is 5.69 Å². The van der Waals surface area contributed by atoms with E-state index < -0.39 is 0 Å². The molecular formula is C14H12FN3. The summed E-state index contributed by atoms with van der Waals surface area (Å²) in [6.45, 7) is 0.409. The van der Waals surface area contributed by atoms with E-state index in [1.165, 1.54) is 6.07 Å². The number of nitrogens with two attached hydrogens (primary N) is 1. The maximum absolute atomic E-state index is 13.7. The van der Waals surface area contributed by atoms with E-state index in [-0.39, 0.29) is 5.82 Å². The van der Waals surface area contributed by atoms with Gasteiger partial charge < -0.3 is 5.73 Å². The van der Waals surface area contributed by atoms with Gasteiger partial charge in [0.05, 0.1) is 5.69 Å². The molecule has 3 rings (SSSR count). The van der Waals surface area contributed by atoms with Gasteiger partial charge in [0.2, 0.25) is 0 Å². The number of benzene rings is 2. The number of nitrogens with zero attached hydrogens (tertiary/aromatic N) is 1. The zero-order chi connectivity index (χ0) is 12.5. The fourth-order valence-corrected chi connectivity index (χ4v) is 2.09. The van der Waals surface area contributed by atoms with Gasteiger partial charge in [0.25, 0.3) is 0 Å². The average Bonchev–Trinajstić information content (AvgIpc) is 2.88. The molecule has 0 aliphatic heterocycles. The van der Waals surface area contributed by atoms with Crippen LogP contribution in [-0.2, 0) is 6.54 Å². The molecule has 0 atom stereocenters. The highest BCUT2D eigenvalue weighted by Gasteiger charge is 2.09. The third-order valence-electron chi connectivity index (χ3n) is 3.00. The predicted molar refractivity (Wildman–Crippen MR) is 69.4 cm³/mol. The predicted octanol–water partition coefficient (Wildman–Crippen LogP) is 2.83. The van der Waals surface area contributed by atoms with Crippen LogP contribution < -0.4 is 5.73 Å². The summed E-state index contributed by atoms with van der Waals surface area (Å²) in [7, 11) is 0. The highest BCUT2D eigenvalue weighted by atomic mass is 19.1. The second kappa shape index (κ2) is 4.23. The standard InChI is InChI=1S/C14H12FN3/c15-13-6-5-12(10-3-1-2-4-11(10)13)14-7-9(8-16)17-18-14/h1-7H,8,16H2,(H,17,18). The molecule has 0 unspecified atom stereocenters. The molecule has 0 aliphatic carbocycles. The average molecular weight is 241 g/mol. The lowest BCUT2D eigenvalue weighted by atomic mass is 10.0. The van der Waals surface area contributed by atoms with Gasteiger partial charge in [-0.05, 0) is 23.6 Å². The number of hydrogen-bond acceptors (Lipinski definition) is 2. The summed E-state index contributed by atoms with van der Waals surface area (Å²) in [6.07, 6.45) is 0. The molecule has 0 amide bonds. The van der Waals surface area contributed by atoms with Crippen molar-refractivity contribution in [3.05, 3.63) is 54.0 Å². The van der Waals surface area contributed by atoms with E-state index in [4.69, 9.17) is 5.73 Å². The van der Waals surface area contributed by atoms with Gasteiger partial charge in [-0.1, -0.05) is 24.3 Å². The van der Waals surface area contributed by atoms with Crippen molar-refractivity contribution >= 4 is 10.8 Å². The van der Waals surface area contributed by atoms with E-state index in [1.54, 1.807) is 12.1 Å². The van der Waals surface area contributed by atoms with Crippen molar-refractivity contribution in [2.75, 3.05) is 0 Å². The van der Waals surface area contributed by atoms with Crippen LogP contribution in [0.15, 0.2) is 42.5 Å². The molecule has 0 saturated heterocycles. The van der Waals surface area contributed by atoms with Crippen LogP contribution in [0.2, 0.25) is 0 Å². The molecule has 3 aromatic rings. The zero-order valence-corrected chi connectivity index (χ0v) is 9.65. The zero-order valence-electron chi connectivity index (χ0n) is 9.65. The number of nitrogens with one attached hydrogen (secondary N) is 1. The van der Waals surface area contributed by atoms with Crippen molar-refractivity contribution in [3.8, 4) is 11.3 Å². The van der Waals surface area contributed by atoms with Gasteiger partial charge in [0.1, 0.15) is 5.82 Å². The number of rotatable bonds is 2. The minimum atomic E-state index is -0.219. The van der Waals surface area contributed by atoms with Crippen LogP contribution in [0.3, 0.4) is 0 Å². The number of hydrogen-bond donors (Lipinski definition) is 2. The molecule has 3 N–H and O–H groups in total. The summed E-state index contributed by atoms with van der Waals surface area (Å²) >= 11 is 0. The molecule has 3 nitrogen and oxygen atoms in total. The molecule has 4 heteroatoms. The van der Waals surface area contributed by atoms with Crippen molar-refractivity contribution < 1.29 is 4.39 Å². The fraction of sp³-hybridized carbons (Fsp3) is 0.0714. The Hall–Kier alpha value is -2.20. The summed E-state index contributed by atoms with van der Waals surface area (Å²) in [4.78, 5) is 0. The van der Waals surface area contributed by atoms with Crippen molar-refractivity contribution in [2.24, 2.45) is 5.73 Å². The molecule has 18 heavy (non-hydrogen) atoms. The SMILES string of the molecule is NCc1cc(-c2ccc(F)c3ccccc23)n[nH]1. The van der Waals surface area contributed by atoms with Gasteiger partial charge in [-0.2, -0.15) is 5.10 Å². The molecular weight excluding hydrogens is 229 g/mol. The Morgan fingerprint density at radius 3 is 2.61 bits per heavy atom. The van der Waals surface area contributed by atoms with E-state index in [2.05, 4.69) is 10.2 Å². The lowest BCUT2D eigenvalue weighted by molar-refractivity contribution is 0.640. The molecule has 1 aromatic heterocycles. The van der Waals surface area contributed by atoms with Crippen LogP contribution in [-0.4, -0.2) is 10.2 Å². The number of aromatic amines is 1. The Balaban J connectivity index is 2.26. The lowest BCUT2D eigenvalue weighted by Crippen LogP contribution is -1.95. The summed E-state index contributed by atoms with van der Waals surface area (Å²) in [5, 5.41) is 8.53. The van der Waals surface area contributed by atoms with Gasteiger partial charge in [0, 0.05) is 23.2 Å². The fourth-order valence-electron chi connectivity index (χ4n) is 2.09. The monoisotopic (exact) mass is 241 g/mol. The van der Waals surface area contributed by atoms with Gasteiger partial charge in [-0.15, -0.1) is 0 Å². The maximum Gasteiger partial charge on any atom is 0.131 e. The molecule has 0 aliphatic rings. The van der Waals surface area contributed by atoms with Crippen molar-refractivity contribution in [1.82, 2.24) is 10.2 Å². The minimum absolute atomic E-state index is 0.219. The lowest BCUT2D eigenvalue weighted by Gasteiger charge is -2.04. The van der Waals surface area contributed by atoms with E-state index in [0.29, 0.717) is 11.9 Å². The number of H-pyrrole nitrogens is 1. The Bertz CT molecular complexity index is 703. The van der Waals surface area contributed by atoms with Crippen LogP contribution >= 0.6 is 0 Å². The van der Waals surface area contributed by atoms with Crippen molar-refractivity contribution in [2.45, 2.75) is 6.54 Å². The van der Waals surface area contributed by atoms with Gasteiger partial charge in [-0.3, -0.25) is 5.10 Å². The largest absolute Gasteiger partial charge is 0.325 e. The normalized spacial score (nSPS) is 11.0. The molecule has 1 heterocycles. The van der Waals surface area contributed by atoms with Crippen molar-refractivity contribution in [1.29, 1.82) is 0 Å². The topological polar surface area (TPSA) is 54.7 Å². The Kier molecular flexibility index (Phi) is 2.57. The Morgan fingerprint density at radius 1 is 1.11 bits per heavy atom. The summed E-state index contributed by atoms with van der Waals surface area (Å²) in [6, 6.07) is 12.5. The molecule has 0 saturated carbocycles. The van der Waals surface area contributed by atoms with E-state index in [1.807, 2.05) is 24.3 Å². The van der Waals surface area contributed by atoms with Gasteiger partial charge in [0.15, 0.2) is 0 Å². The smallest absolute Gasteiger partial charge is 0.131 e. The van der Waals surface area contributed by atoms with E-state index in [9.17, 15) is 4.39 Å². The van der Waals surface area contributed by atoms with Crippen LogP contribution in [0.5, 0.6) is 0 Å². The van der Waals surface area contributed by atoms with E-state index in [0.717, 1.165) is 22.3 Å². The Morgan fingerprint density at radius 2 is 1.89 bits per heavy atom. The first-order valence-electron chi connectivity index (χ1n) is 5.71. The Labute approximate surface area is 103 Å². The second-order valence-corrected chi connectivity index (χ2v) is 4.12. The molecule has 0 bridgehead atoms. The van der Waals surface area contributed by atoms with Crippen LogP contribution in [0.4, 0.5) is 4.39 Å². The summed E-state index contributed by atoms with van der Waals surface area (Å²) in [5.74, 6) is -0.219. The van der Waals surface area contributed by atoms with Crippen LogP contribution in [0.25, 0.3) is 22.0 Å². The van der Waals surface area contributed by atoms with Crippen molar-refractivity contribution in [3.63, 3.8) is 0 Å². The molecule has 0 fully saturated rings. The first-order chi connectivity index (χ1) is 8.79. The highest BCUT2D eigenvalue weighted by molar-refractivity contribution is 5.96. The number of fused-ring (bicyclic) bond motifs is 1. The third-order valence-corrected chi connectivity index (χ3v) is 3.00. The van der Waals surface area contributed by atoms with E-state index >= 15 is 0 Å². The first kappa shape index (κ1) is 10.9. The maximum atomic E-state index is 13.7. The minimum Gasteiger partial charge on any atom is -0.325 e. The van der Waals surface area contributed by atoms with Gasteiger partial charge >= 0.3 is 0 Å². The molecule has 0 radical (unpaired) electrons.